The Kier molecular flexibility index (Phi) is 10.2. The van der Waals surface area contributed by atoms with E-state index in [4.69, 9.17) is 4.74 Å². The van der Waals surface area contributed by atoms with Crippen molar-refractivity contribution in [3.8, 4) is 5.75 Å². The third kappa shape index (κ3) is 8.77. The molecule has 1 aromatic heterocycles. The summed E-state index contributed by atoms with van der Waals surface area (Å²) in [5.41, 5.74) is 2.50. The number of halogens is 4. The summed E-state index contributed by atoms with van der Waals surface area (Å²) in [4.78, 5) is 9.79. The lowest BCUT2D eigenvalue weighted by atomic mass is 10.1. The number of hydrogen-bond donors (Lipinski definition) is 2. The average molecular weight is 542 g/mol. The number of hydrogen-bond acceptors (Lipinski definition) is 4. The minimum absolute atomic E-state index is 0. The van der Waals surface area contributed by atoms with Gasteiger partial charge in [0, 0.05) is 37.0 Å². The molecule has 1 heterocycles. The maximum absolute atomic E-state index is 12.5. The number of nitrogens with zero attached hydrogens (tertiary/aromatic N) is 2. The monoisotopic (exact) mass is 542 g/mol. The van der Waals surface area contributed by atoms with Crippen LogP contribution in [0.2, 0.25) is 0 Å². The van der Waals surface area contributed by atoms with Gasteiger partial charge in [-0.15, -0.1) is 35.3 Å². The van der Waals surface area contributed by atoms with Crippen LogP contribution < -0.4 is 15.4 Å². The molecule has 0 radical (unpaired) electrons. The van der Waals surface area contributed by atoms with Crippen molar-refractivity contribution < 1.29 is 17.9 Å². The van der Waals surface area contributed by atoms with Crippen molar-refractivity contribution in [3.63, 3.8) is 0 Å². The van der Waals surface area contributed by atoms with Gasteiger partial charge in [-0.3, -0.25) is 4.99 Å². The molecule has 0 unspecified atom stereocenters. The molecule has 0 aliphatic heterocycles. The van der Waals surface area contributed by atoms with Gasteiger partial charge in [0.05, 0.1) is 10.7 Å². The number of aromatic nitrogens is 1. The average Bonchev–Trinajstić information content (AvgIpc) is 2.94. The highest BCUT2D eigenvalue weighted by atomic mass is 127. The number of nitrogens with one attached hydrogen (secondary N) is 2. The summed E-state index contributed by atoms with van der Waals surface area (Å²) in [6.07, 6.45) is -3.55. The number of guanidine groups is 1. The van der Waals surface area contributed by atoms with Crippen LogP contribution in [0.5, 0.6) is 5.75 Å². The normalized spacial score (nSPS) is 11.8. The molecule has 0 amide bonds. The fourth-order valence-corrected chi connectivity index (χ4v) is 3.54. The van der Waals surface area contributed by atoms with Gasteiger partial charge in [-0.25, -0.2) is 4.98 Å². The molecule has 162 valence electrons. The summed E-state index contributed by atoms with van der Waals surface area (Å²) >= 11 is 1.67. The Morgan fingerprint density at radius 2 is 1.93 bits per heavy atom. The van der Waals surface area contributed by atoms with Crippen LogP contribution in [-0.4, -0.2) is 37.3 Å². The molecule has 0 atom stereocenters. The molecule has 0 saturated carbocycles. The van der Waals surface area contributed by atoms with E-state index in [1.807, 2.05) is 19.9 Å². The number of aryl methyl sites for hydroxylation is 3. The molecule has 0 saturated heterocycles. The predicted octanol–water partition coefficient (Wildman–Crippen LogP) is 4.54. The molecule has 0 aliphatic rings. The van der Waals surface area contributed by atoms with Gasteiger partial charge >= 0.3 is 6.18 Å². The molecule has 2 N–H and O–H groups in total. The molecule has 0 spiro atoms. The number of ether oxygens (including phenoxy) is 1. The Morgan fingerprint density at radius 3 is 2.52 bits per heavy atom. The summed E-state index contributed by atoms with van der Waals surface area (Å²) in [6, 6.07) is 5.20. The molecule has 0 bridgehead atoms. The number of alkyl halides is 3. The molecule has 0 fully saturated rings. The molecular weight excluding hydrogens is 516 g/mol. The van der Waals surface area contributed by atoms with Crippen LogP contribution in [0.1, 0.15) is 26.7 Å². The highest BCUT2D eigenvalue weighted by Gasteiger charge is 2.28. The van der Waals surface area contributed by atoms with Gasteiger partial charge in [0.15, 0.2) is 12.6 Å². The fourth-order valence-electron chi connectivity index (χ4n) is 2.60. The molecule has 5 nitrogen and oxygen atoms in total. The zero-order valence-electron chi connectivity index (χ0n) is 16.8. The smallest absolute Gasteiger partial charge is 0.422 e. The summed E-state index contributed by atoms with van der Waals surface area (Å²) < 4.78 is 42.4. The first-order valence-corrected chi connectivity index (χ1v) is 9.66. The third-order valence-corrected chi connectivity index (χ3v) is 5.06. The van der Waals surface area contributed by atoms with Crippen molar-refractivity contribution in [2.24, 2.45) is 4.99 Å². The van der Waals surface area contributed by atoms with Crippen molar-refractivity contribution in [2.75, 3.05) is 20.2 Å². The van der Waals surface area contributed by atoms with Gasteiger partial charge < -0.3 is 15.4 Å². The van der Waals surface area contributed by atoms with Crippen LogP contribution in [0, 0.1) is 20.8 Å². The minimum atomic E-state index is -4.38. The molecular formula is C19H26F3IN4OS. The Hall–Kier alpha value is -1.56. The van der Waals surface area contributed by atoms with Crippen LogP contribution in [0.25, 0.3) is 0 Å². The number of aliphatic imine (C=N–C) groups is 1. The molecule has 2 rings (SSSR count). The highest BCUT2D eigenvalue weighted by molar-refractivity contribution is 14.0. The van der Waals surface area contributed by atoms with Crippen LogP contribution in [0.3, 0.4) is 0 Å². The zero-order valence-corrected chi connectivity index (χ0v) is 20.0. The number of benzene rings is 1. The fraction of sp³-hybridized carbons (Fsp3) is 0.474. The van der Waals surface area contributed by atoms with Gasteiger partial charge in [-0.05, 0) is 32.4 Å². The maximum atomic E-state index is 12.5. The van der Waals surface area contributed by atoms with Gasteiger partial charge in [-0.1, -0.05) is 12.1 Å². The Morgan fingerprint density at radius 1 is 1.21 bits per heavy atom. The highest BCUT2D eigenvalue weighted by Crippen LogP contribution is 2.23. The first-order valence-electron chi connectivity index (χ1n) is 8.84. The van der Waals surface area contributed by atoms with Gasteiger partial charge in [-0.2, -0.15) is 13.2 Å². The predicted molar refractivity (Wildman–Crippen MR) is 122 cm³/mol. The van der Waals surface area contributed by atoms with E-state index in [2.05, 4.69) is 20.6 Å². The Balaban J connectivity index is 0.00000420. The largest absolute Gasteiger partial charge is 0.484 e. The SMILES string of the molecule is CN=C(NCCc1sc(C)nc1C)NCc1ccc(C)cc1OCC(F)(F)F.I. The lowest BCUT2D eigenvalue weighted by molar-refractivity contribution is -0.153. The molecule has 29 heavy (non-hydrogen) atoms. The van der Waals surface area contributed by atoms with Crippen LogP contribution in [0.4, 0.5) is 13.2 Å². The first kappa shape index (κ1) is 25.5. The summed E-state index contributed by atoms with van der Waals surface area (Å²) in [7, 11) is 1.65. The standard InChI is InChI=1S/C19H25F3N4OS.HI/c1-12-5-6-15(16(9-12)27-11-19(20,21)22)10-25-18(23-4)24-8-7-17-13(2)26-14(3)28-17;/h5-6,9H,7-8,10-11H2,1-4H3,(H2,23,24,25);1H. The van der Waals surface area contributed by atoms with E-state index in [0.717, 1.165) is 22.7 Å². The van der Waals surface area contributed by atoms with Crippen LogP contribution >= 0.6 is 35.3 Å². The van der Waals surface area contributed by atoms with Crippen LogP contribution in [-0.2, 0) is 13.0 Å². The van der Waals surface area contributed by atoms with E-state index in [-0.39, 0.29) is 29.7 Å². The number of thiazole rings is 1. The second-order valence-corrected chi connectivity index (χ2v) is 7.65. The van der Waals surface area contributed by atoms with E-state index in [1.165, 1.54) is 4.88 Å². The maximum Gasteiger partial charge on any atom is 0.422 e. The number of rotatable bonds is 7. The van der Waals surface area contributed by atoms with Gasteiger partial charge in [0.1, 0.15) is 5.75 Å². The Labute approximate surface area is 190 Å². The van der Waals surface area contributed by atoms with Crippen molar-refractivity contribution in [3.05, 3.63) is 44.9 Å². The van der Waals surface area contributed by atoms with Crippen molar-refractivity contribution in [1.82, 2.24) is 15.6 Å². The van der Waals surface area contributed by atoms with E-state index in [9.17, 15) is 13.2 Å². The quantitative estimate of drug-likeness (QED) is 0.307. The van der Waals surface area contributed by atoms with E-state index in [1.54, 1.807) is 37.4 Å². The third-order valence-electron chi connectivity index (χ3n) is 3.93. The summed E-state index contributed by atoms with van der Waals surface area (Å²) in [6.45, 7) is 5.44. The van der Waals surface area contributed by atoms with E-state index >= 15 is 0 Å². The second-order valence-electron chi connectivity index (χ2n) is 6.36. The van der Waals surface area contributed by atoms with Crippen molar-refractivity contribution >= 4 is 41.3 Å². The van der Waals surface area contributed by atoms with Crippen molar-refractivity contribution in [1.29, 1.82) is 0 Å². The van der Waals surface area contributed by atoms with E-state index in [0.29, 0.717) is 24.6 Å². The topological polar surface area (TPSA) is 58.5 Å². The second kappa shape index (κ2) is 11.6. The van der Waals surface area contributed by atoms with Crippen molar-refractivity contribution in [2.45, 2.75) is 39.9 Å². The molecule has 10 heteroatoms. The lowest BCUT2D eigenvalue weighted by Crippen LogP contribution is -2.38. The van der Waals surface area contributed by atoms with Gasteiger partial charge in [0.25, 0.3) is 0 Å². The Bertz CT molecular complexity index is 824. The van der Waals surface area contributed by atoms with Gasteiger partial charge in [0.2, 0.25) is 0 Å². The summed E-state index contributed by atoms with van der Waals surface area (Å²) in [5.74, 6) is 0.789. The first-order chi connectivity index (χ1) is 13.2. The minimum Gasteiger partial charge on any atom is -0.484 e. The molecule has 2 aromatic rings. The lowest BCUT2D eigenvalue weighted by Gasteiger charge is -2.16. The molecule has 0 aliphatic carbocycles. The summed E-state index contributed by atoms with van der Waals surface area (Å²) in [5, 5.41) is 7.37. The van der Waals surface area contributed by atoms with Crippen LogP contribution in [0.15, 0.2) is 23.2 Å². The zero-order chi connectivity index (χ0) is 20.7. The molecule has 1 aromatic carbocycles. The van der Waals surface area contributed by atoms with E-state index < -0.39 is 12.8 Å².